The predicted octanol–water partition coefficient (Wildman–Crippen LogP) is 4.17. The Kier molecular flexibility index (Phi) is 4.50. The monoisotopic (exact) mass is 333 g/mol. The molecule has 0 amide bonds. The van der Waals surface area contributed by atoms with Crippen molar-refractivity contribution in [1.82, 2.24) is 9.88 Å². The Morgan fingerprint density at radius 2 is 2.04 bits per heavy atom. The van der Waals surface area contributed by atoms with Crippen LogP contribution in [0.2, 0.25) is 0 Å². The number of H-pyrrole nitrogens is 1. The van der Waals surface area contributed by atoms with Crippen LogP contribution in [0, 0.1) is 0 Å². The van der Waals surface area contributed by atoms with Crippen LogP contribution < -0.4 is 5.73 Å². The number of anilines is 1. The van der Waals surface area contributed by atoms with Crippen LogP contribution in [0.25, 0.3) is 10.9 Å². The van der Waals surface area contributed by atoms with Crippen LogP contribution in [0.1, 0.15) is 30.0 Å². The van der Waals surface area contributed by atoms with E-state index in [1.165, 1.54) is 34.0 Å². The number of rotatable bonds is 5. The molecule has 3 heteroatoms. The van der Waals surface area contributed by atoms with Gasteiger partial charge >= 0.3 is 0 Å². The van der Waals surface area contributed by atoms with Crippen LogP contribution in [-0.2, 0) is 19.3 Å². The molecule has 3 aromatic rings. The Labute approximate surface area is 149 Å². The summed E-state index contributed by atoms with van der Waals surface area (Å²) in [5.41, 5.74) is 12.6. The van der Waals surface area contributed by atoms with Crippen molar-refractivity contribution in [2.75, 3.05) is 18.8 Å². The smallest absolute Gasteiger partial charge is 0.0456 e. The average Bonchev–Trinajstić information content (AvgIpc) is 3.06. The van der Waals surface area contributed by atoms with Gasteiger partial charge in [-0.3, -0.25) is 4.90 Å². The van der Waals surface area contributed by atoms with Gasteiger partial charge in [0.25, 0.3) is 0 Å². The molecule has 3 nitrogen and oxygen atoms in total. The lowest BCUT2D eigenvalue weighted by atomic mass is 9.86. The molecule has 1 aliphatic carbocycles. The van der Waals surface area contributed by atoms with Gasteiger partial charge in [-0.05, 0) is 61.1 Å². The maximum absolute atomic E-state index is 6.15. The normalized spacial score (nSPS) is 17.1. The maximum Gasteiger partial charge on any atom is 0.0456 e. The summed E-state index contributed by atoms with van der Waals surface area (Å²) >= 11 is 0. The van der Waals surface area contributed by atoms with Crippen LogP contribution in [0.5, 0.6) is 0 Å². The first-order valence-electron chi connectivity index (χ1n) is 9.41. The molecule has 0 fully saturated rings. The highest BCUT2D eigenvalue weighted by atomic mass is 15.1. The lowest BCUT2D eigenvalue weighted by Gasteiger charge is -2.35. The largest absolute Gasteiger partial charge is 0.398 e. The van der Waals surface area contributed by atoms with E-state index < -0.39 is 0 Å². The number of likely N-dealkylation sites (N-methyl/N-ethyl adjacent to an activating group) is 1. The first-order chi connectivity index (χ1) is 12.3. The zero-order valence-corrected chi connectivity index (χ0v) is 15.0. The second-order valence-corrected chi connectivity index (χ2v) is 7.12. The van der Waals surface area contributed by atoms with Gasteiger partial charge in [0.15, 0.2) is 0 Å². The van der Waals surface area contributed by atoms with Crippen molar-refractivity contribution in [2.24, 2.45) is 0 Å². The van der Waals surface area contributed by atoms with Crippen molar-refractivity contribution < 1.29 is 0 Å². The molecule has 0 spiro atoms. The van der Waals surface area contributed by atoms with E-state index in [-0.39, 0.29) is 0 Å². The average molecular weight is 333 g/mol. The summed E-state index contributed by atoms with van der Waals surface area (Å²) in [5, 5.41) is 1.36. The van der Waals surface area contributed by atoms with Gasteiger partial charge in [0, 0.05) is 35.4 Å². The summed E-state index contributed by atoms with van der Waals surface area (Å²) in [7, 11) is 0. The van der Waals surface area contributed by atoms with Crippen LogP contribution >= 0.6 is 0 Å². The first kappa shape index (κ1) is 16.2. The van der Waals surface area contributed by atoms with Gasteiger partial charge in [-0.25, -0.2) is 0 Å². The molecule has 0 saturated heterocycles. The van der Waals surface area contributed by atoms with E-state index in [0.717, 1.165) is 38.0 Å². The molecule has 2 aromatic carbocycles. The third kappa shape index (κ3) is 3.16. The van der Waals surface area contributed by atoms with E-state index in [0.29, 0.717) is 6.04 Å². The van der Waals surface area contributed by atoms with Crippen molar-refractivity contribution in [2.45, 2.75) is 38.6 Å². The lowest BCUT2D eigenvalue weighted by Crippen LogP contribution is -2.40. The molecule has 0 bridgehead atoms. The van der Waals surface area contributed by atoms with Crippen LogP contribution in [0.15, 0.2) is 48.7 Å². The van der Waals surface area contributed by atoms with Crippen LogP contribution in [-0.4, -0.2) is 29.0 Å². The summed E-state index contributed by atoms with van der Waals surface area (Å²) in [6.07, 6.45) is 6.72. The summed E-state index contributed by atoms with van der Waals surface area (Å²) in [6.45, 7) is 4.50. The third-order valence-electron chi connectivity index (χ3n) is 5.76. The number of nitrogens with two attached hydrogens (primary N) is 1. The van der Waals surface area contributed by atoms with Gasteiger partial charge in [0.1, 0.15) is 0 Å². The molecular weight excluding hydrogens is 306 g/mol. The van der Waals surface area contributed by atoms with E-state index in [1.54, 1.807) is 0 Å². The third-order valence-corrected chi connectivity index (χ3v) is 5.76. The standard InChI is InChI=1S/C22H27N3/c1-2-25(13-12-17-15-24-22-9-4-3-7-20(17)22)18-10-11-19-16(14-18)6-5-8-21(19)23/h3-9,15,18,24H,2,10-14,23H2,1H3. The van der Waals surface area contributed by atoms with Gasteiger partial charge in [-0.2, -0.15) is 0 Å². The molecular formula is C22H27N3. The van der Waals surface area contributed by atoms with Gasteiger partial charge in [-0.1, -0.05) is 37.3 Å². The summed E-state index contributed by atoms with van der Waals surface area (Å²) in [6, 6.07) is 15.6. The molecule has 1 heterocycles. The Balaban J connectivity index is 1.46. The molecule has 0 aliphatic heterocycles. The van der Waals surface area contributed by atoms with Gasteiger partial charge < -0.3 is 10.7 Å². The minimum absolute atomic E-state index is 0.629. The summed E-state index contributed by atoms with van der Waals surface area (Å²) in [5.74, 6) is 0. The number of benzene rings is 2. The van der Waals surface area contributed by atoms with E-state index in [2.05, 4.69) is 59.4 Å². The van der Waals surface area contributed by atoms with Crippen LogP contribution in [0.4, 0.5) is 5.69 Å². The van der Waals surface area contributed by atoms with Crippen molar-refractivity contribution in [3.05, 3.63) is 65.4 Å². The molecule has 1 unspecified atom stereocenters. The fourth-order valence-corrected chi connectivity index (χ4v) is 4.33. The Hall–Kier alpha value is -2.26. The minimum atomic E-state index is 0.629. The molecule has 0 saturated carbocycles. The van der Waals surface area contributed by atoms with Gasteiger partial charge in [-0.15, -0.1) is 0 Å². The number of para-hydroxylation sites is 1. The van der Waals surface area contributed by atoms with Gasteiger partial charge in [0.2, 0.25) is 0 Å². The quantitative estimate of drug-likeness (QED) is 0.688. The van der Waals surface area contributed by atoms with E-state index in [9.17, 15) is 0 Å². The maximum atomic E-state index is 6.15. The van der Waals surface area contributed by atoms with E-state index >= 15 is 0 Å². The number of nitrogens with zero attached hydrogens (tertiary/aromatic N) is 1. The number of aromatic nitrogens is 1. The first-order valence-corrected chi connectivity index (χ1v) is 9.41. The zero-order valence-electron chi connectivity index (χ0n) is 15.0. The Morgan fingerprint density at radius 1 is 1.16 bits per heavy atom. The SMILES string of the molecule is CCN(CCc1c[nH]c2ccccc12)C1CCc2c(N)cccc2C1. The zero-order chi connectivity index (χ0) is 17.2. The minimum Gasteiger partial charge on any atom is -0.398 e. The van der Waals surface area contributed by atoms with E-state index in [1.807, 2.05) is 6.07 Å². The van der Waals surface area contributed by atoms with Crippen molar-refractivity contribution >= 4 is 16.6 Å². The second kappa shape index (κ2) is 6.93. The Morgan fingerprint density at radius 3 is 2.92 bits per heavy atom. The second-order valence-electron chi connectivity index (χ2n) is 7.12. The predicted molar refractivity (Wildman–Crippen MR) is 106 cm³/mol. The lowest BCUT2D eigenvalue weighted by molar-refractivity contribution is 0.191. The van der Waals surface area contributed by atoms with Crippen molar-refractivity contribution in [3.63, 3.8) is 0 Å². The van der Waals surface area contributed by atoms with Crippen molar-refractivity contribution in [1.29, 1.82) is 0 Å². The number of hydrogen-bond donors (Lipinski definition) is 2. The summed E-state index contributed by atoms with van der Waals surface area (Å²) < 4.78 is 0. The number of aromatic amines is 1. The topological polar surface area (TPSA) is 45.0 Å². The molecule has 4 rings (SSSR count). The highest BCUT2D eigenvalue weighted by Crippen LogP contribution is 2.29. The Bertz CT molecular complexity index is 865. The molecule has 130 valence electrons. The van der Waals surface area contributed by atoms with E-state index in [4.69, 9.17) is 5.73 Å². The molecule has 0 radical (unpaired) electrons. The highest BCUT2D eigenvalue weighted by molar-refractivity contribution is 5.83. The molecule has 1 atom stereocenters. The number of nitrogens with one attached hydrogen (secondary N) is 1. The molecule has 1 aromatic heterocycles. The van der Waals surface area contributed by atoms with Crippen molar-refractivity contribution in [3.8, 4) is 0 Å². The fourth-order valence-electron chi connectivity index (χ4n) is 4.33. The van der Waals surface area contributed by atoms with Crippen LogP contribution in [0.3, 0.4) is 0 Å². The molecule has 1 aliphatic rings. The number of fused-ring (bicyclic) bond motifs is 2. The summed E-state index contributed by atoms with van der Waals surface area (Å²) in [4.78, 5) is 6.04. The highest BCUT2D eigenvalue weighted by Gasteiger charge is 2.24. The van der Waals surface area contributed by atoms with Gasteiger partial charge in [0.05, 0.1) is 0 Å². The fraction of sp³-hybridized carbons (Fsp3) is 0.364. The number of nitrogen functional groups attached to an aromatic ring is 1. The molecule has 3 N–H and O–H groups in total. The molecule has 25 heavy (non-hydrogen) atoms. The number of hydrogen-bond acceptors (Lipinski definition) is 2.